The van der Waals surface area contributed by atoms with Crippen LogP contribution in [0, 0.1) is 0 Å². The SMILES string of the molecule is CCS(CC)(CC)[OH+][O-]. The Hall–Kier alpha value is 0.270. The van der Waals surface area contributed by atoms with Crippen molar-refractivity contribution < 1.29 is 9.59 Å². The quantitative estimate of drug-likeness (QED) is 0.338. The van der Waals surface area contributed by atoms with Crippen molar-refractivity contribution in [2.24, 2.45) is 0 Å². The molecule has 0 amide bonds. The van der Waals surface area contributed by atoms with Crippen molar-refractivity contribution in [2.45, 2.75) is 20.8 Å². The van der Waals surface area contributed by atoms with Gasteiger partial charge in [-0.1, -0.05) is 20.8 Å². The molecular formula is C6H16O2S. The first-order valence-electron chi connectivity index (χ1n) is 3.35. The summed E-state index contributed by atoms with van der Waals surface area (Å²) in [6, 6.07) is 0. The molecule has 0 bridgehead atoms. The minimum Gasteiger partial charge on any atom is -0.521 e. The Balaban J connectivity index is 3.82. The van der Waals surface area contributed by atoms with E-state index in [2.05, 4.69) is 4.33 Å². The number of hydrogen-bond donors (Lipinski definition) is 0. The van der Waals surface area contributed by atoms with E-state index in [1.807, 2.05) is 20.8 Å². The lowest BCUT2D eigenvalue weighted by Crippen LogP contribution is -2.23. The van der Waals surface area contributed by atoms with Crippen LogP contribution in [-0.2, 0) is 0 Å². The first-order chi connectivity index (χ1) is 4.24. The molecule has 0 heterocycles. The largest absolute Gasteiger partial charge is 0.521 e. The minimum atomic E-state index is -1.08. The second-order valence-electron chi connectivity index (χ2n) is 1.94. The lowest BCUT2D eigenvalue weighted by molar-refractivity contribution is -0.713. The fourth-order valence-electron chi connectivity index (χ4n) is 0.770. The molecular weight excluding hydrogens is 136 g/mol. The third-order valence-electron chi connectivity index (χ3n) is 1.77. The Morgan fingerprint density at radius 1 is 1.11 bits per heavy atom. The highest BCUT2D eigenvalue weighted by atomic mass is 32.3. The van der Waals surface area contributed by atoms with E-state index in [1.165, 1.54) is 0 Å². The molecule has 0 spiro atoms. The van der Waals surface area contributed by atoms with E-state index in [9.17, 15) is 5.26 Å². The van der Waals surface area contributed by atoms with Crippen molar-refractivity contribution in [3.8, 4) is 0 Å². The van der Waals surface area contributed by atoms with E-state index in [4.69, 9.17) is 0 Å². The van der Waals surface area contributed by atoms with Gasteiger partial charge >= 0.3 is 0 Å². The van der Waals surface area contributed by atoms with Gasteiger partial charge in [-0.3, -0.25) is 0 Å². The summed E-state index contributed by atoms with van der Waals surface area (Å²) in [7, 11) is -1.08. The average molecular weight is 152 g/mol. The van der Waals surface area contributed by atoms with Gasteiger partial charge in [-0.2, -0.15) is 0 Å². The third kappa shape index (κ3) is 2.16. The van der Waals surface area contributed by atoms with Gasteiger partial charge in [0.15, 0.2) is 0 Å². The first-order valence-corrected chi connectivity index (χ1v) is 5.45. The van der Waals surface area contributed by atoms with E-state index in [1.54, 1.807) is 0 Å². The lowest BCUT2D eigenvalue weighted by atomic mass is 10.9. The molecule has 9 heavy (non-hydrogen) atoms. The highest BCUT2D eigenvalue weighted by molar-refractivity contribution is 8.29. The molecule has 0 aromatic rings. The standard InChI is InChI=1S/C6H16O2S/c1-4-9(5-2,6-3)8-7/h8H,4-6H2,1-3H3. The molecule has 0 aromatic carbocycles. The molecule has 0 aliphatic rings. The summed E-state index contributed by atoms with van der Waals surface area (Å²) in [6.45, 7) is 6.14. The average Bonchev–Trinajstić information content (AvgIpc) is 1.95. The van der Waals surface area contributed by atoms with Gasteiger partial charge in [-0.25, -0.2) is 0 Å². The van der Waals surface area contributed by atoms with Gasteiger partial charge < -0.3 is 9.59 Å². The highest BCUT2D eigenvalue weighted by Gasteiger charge is 2.19. The second-order valence-corrected chi connectivity index (χ2v) is 5.82. The first kappa shape index (κ1) is 9.27. The molecule has 1 N–H and O–H groups in total. The fourth-order valence-corrected chi connectivity index (χ4v) is 2.31. The van der Waals surface area contributed by atoms with Crippen LogP contribution in [0.3, 0.4) is 0 Å². The van der Waals surface area contributed by atoms with Crippen molar-refractivity contribution in [3.63, 3.8) is 0 Å². The van der Waals surface area contributed by atoms with Gasteiger partial charge in [0.25, 0.3) is 0 Å². The smallest absolute Gasteiger partial charge is 0.0364 e. The van der Waals surface area contributed by atoms with Gasteiger partial charge in [0, 0.05) is 17.3 Å². The predicted octanol–water partition coefficient (Wildman–Crippen LogP) is 1.13. The summed E-state index contributed by atoms with van der Waals surface area (Å²) in [4.78, 5) is 0. The van der Waals surface area contributed by atoms with Crippen LogP contribution >= 0.6 is 10.3 Å². The monoisotopic (exact) mass is 152 g/mol. The van der Waals surface area contributed by atoms with E-state index < -0.39 is 10.3 Å². The summed E-state index contributed by atoms with van der Waals surface area (Å²) < 4.78 is 3.21. The third-order valence-corrected chi connectivity index (χ3v) is 5.31. The molecule has 3 heteroatoms. The highest BCUT2D eigenvalue weighted by Crippen LogP contribution is 2.43. The second kappa shape index (κ2) is 4.14. The number of rotatable bonds is 4. The van der Waals surface area contributed by atoms with E-state index in [0.717, 1.165) is 17.3 Å². The zero-order valence-electron chi connectivity index (χ0n) is 6.39. The van der Waals surface area contributed by atoms with E-state index in [-0.39, 0.29) is 0 Å². The maximum atomic E-state index is 10.3. The van der Waals surface area contributed by atoms with Crippen molar-refractivity contribution >= 4 is 10.3 Å². The predicted molar refractivity (Wildman–Crippen MR) is 41.8 cm³/mol. The summed E-state index contributed by atoms with van der Waals surface area (Å²) in [5, 5.41) is 10.3. The Labute approximate surface area is 58.7 Å². The van der Waals surface area contributed by atoms with Crippen LogP contribution in [-0.4, -0.2) is 21.6 Å². The lowest BCUT2D eigenvalue weighted by Gasteiger charge is -2.32. The van der Waals surface area contributed by atoms with Crippen LogP contribution in [0.5, 0.6) is 0 Å². The molecule has 0 rings (SSSR count). The van der Waals surface area contributed by atoms with Gasteiger partial charge in [-0.15, -0.1) is 0 Å². The maximum absolute atomic E-state index is 10.3. The van der Waals surface area contributed by atoms with Crippen molar-refractivity contribution in [3.05, 3.63) is 0 Å². The van der Waals surface area contributed by atoms with Crippen LogP contribution in [0.4, 0.5) is 0 Å². The summed E-state index contributed by atoms with van der Waals surface area (Å²) in [6.07, 6.45) is 0. The summed E-state index contributed by atoms with van der Waals surface area (Å²) in [5.41, 5.74) is 0. The van der Waals surface area contributed by atoms with Gasteiger partial charge in [-0.05, 0) is 10.3 Å². The minimum absolute atomic E-state index is 0.948. The molecule has 0 saturated heterocycles. The van der Waals surface area contributed by atoms with Crippen molar-refractivity contribution in [1.29, 1.82) is 0 Å². The van der Waals surface area contributed by atoms with Gasteiger partial charge in [0.05, 0.1) is 0 Å². The molecule has 2 nitrogen and oxygen atoms in total. The zero-order valence-corrected chi connectivity index (χ0v) is 7.20. The van der Waals surface area contributed by atoms with Crippen LogP contribution in [0.15, 0.2) is 0 Å². The molecule has 0 aliphatic carbocycles. The van der Waals surface area contributed by atoms with E-state index >= 15 is 0 Å². The van der Waals surface area contributed by atoms with Gasteiger partial charge in [0.2, 0.25) is 0 Å². The van der Waals surface area contributed by atoms with Gasteiger partial charge in [0.1, 0.15) is 0 Å². The zero-order chi connectivity index (χ0) is 7.33. The molecule has 0 radical (unpaired) electrons. The van der Waals surface area contributed by atoms with Crippen molar-refractivity contribution in [2.75, 3.05) is 17.3 Å². The summed E-state index contributed by atoms with van der Waals surface area (Å²) >= 11 is 0. The fraction of sp³-hybridized carbons (Fsp3) is 1.00. The van der Waals surface area contributed by atoms with Crippen LogP contribution in [0.25, 0.3) is 0 Å². The van der Waals surface area contributed by atoms with Crippen LogP contribution < -0.4 is 5.26 Å². The molecule has 0 atom stereocenters. The van der Waals surface area contributed by atoms with Crippen LogP contribution in [0.1, 0.15) is 20.8 Å². The normalized spacial score (nSPS) is 13.8. The Bertz CT molecular complexity index is 53.9. The Morgan fingerprint density at radius 3 is 1.44 bits per heavy atom. The maximum Gasteiger partial charge on any atom is 0.0364 e. The molecule has 0 aliphatic heterocycles. The molecule has 0 saturated carbocycles. The van der Waals surface area contributed by atoms with Crippen molar-refractivity contribution in [1.82, 2.24) is 0 Å². The van der Waals surface area contributed by atoms with E-state index in [0.29, 0.717) is 0 Å². The Kier molecular flexibility index (Phi) is 4.27. The Morgan fingerprint density at radius 2 is 1.44 bits per heavy atom. The van der Waals surface area contributed by atoms with Crippen LogP contribution in [0.2, 0.25) is 0 Å². The molecule has 0 fully saturated rings. The number of hydrogen-bond acceptors (Lipinski definition) is 1. The molecule has 58 valence electrons. The molecule has 0 unspecified atom stereocenters. The topological polar surface area (TPSA) is 35.9 Å². The summed E-state index contributed by atoms with van der Waals surface area (Å²) in [5.74, 6) is 2.84. The molecule has 0 aromatic heterocycles.